The van der Waals surface area contributed by atoms with Gasteiger partial charge >= 0.3 is 0 Å². The zero-order chi connectivity index (χ0) is 18.8. The molecule has 0 spiro atoms. The number of halogens is 1. The van der Waals surface area contributed by atoms with E-state index < -0.39 is 0 Å². The molecule has 0 bridgehead atoms. The van der Waals surface area contributed by atoms with Crippen molar-refractivity contribution in [2.75, 3.05) is 34.3 Å². The lowest BCUT2D eigenvalue weighted by molar-refractivity contribution is 0.298. The van der Waals surface area contributed by atoms with Crippen LogP contribution in [0.25, 0.3) is 0 Å². The van der Waals surface area contributed by atoms with E-state index in [1.165, 1.54) is 5.56 Å². The normalized spacial score (nSPS) is 12.3. The molecule has 0 aliphatic carbocycles. The molecule has 148 valence electrons. The summed E-state index contributed by atoms with van der Waals surface area (Å²) in [5.41, 5.74) is 2.44. The van der Waals surface area contributed by atoms with E-state index in [0.29, 0.717) is 6.54 Å². The average Bonchev–Trinajstić information content (AvgIpc) is 2.67. The molecule has 5 nitrogen and oxygen atoms in total. The monoisotopic (exact) mass is 482 g/mol. The minimum absolute atomic E-state index is 0. The van der Waals surface area contributed by atoms with Crippen molar-refractivity contribution >= 4 is 29.9 Å². The summed E-state index contributed by atoms with van der Waals surface area (Å²) < 4.78 is 5.20. The summed E-state index contributed by atoms with van der Waals surface area (Å²) in [6, 6.07) is 18.8. The third-order valence-corrected chi connectivity index (χ3v) is 4.19. The van der Waals surface area contributed by atoms with Crippen LogP contribution in [0.1, 0.15) is 24.1 Å². The fraction of sp³-hybridized carbons (Fsp3) is 0.381. The van der Waals surface area contributed by atoms with Crippen molar-refractivity contribution < 1.29 is 4.74 Å². The second-order valence-electron chi connectivity index (χ2n) is 6.31. The predicted molar refractivity (Wildman–Crippen MR) is 124 cm³/mol. The minimum atomic E-state index is 0. The van der Waals surface area contributed by atoms with Crippen LogP contribution >= 0.6 is 24.0 Å². The van der Waals surface area contributed by atoms with Crippen LogP contribution in [0.15, 0.2) is 59.6 Å². The van der Waals surface area contributed by atoms with E-state index in [4.69, 9.17) is 9.73 Å². The highest BCUT2D eigenvalue weighted by atomic mass is 127. The molecule has 0 heterocycles. The van der Waals surface area contributed by atoms with Crippen LogP contribution in [0, 0.1) is 0 Å². The highest BCUT2D eigenvalue weighted by molar-refractivity contribution is 14.0. The van der Waals surface area contributed by atoms with Gasteiger partial charge < -0.3 is 20.3 Å². The zero-order valence-corrected chi connectivity index (χ0v) is 18.9. The molecule has 0 fully saturated rings. The SMILES string of the molecule is CCNC(=NCc1ccc(OC)cc1)NCC(c1ccccc1)N(C)C.I. The summed E-state index contributed by atoms with van der Waals surface area (Å²) >= 11 is 0. The van der Waals surface area contributed by atoms with Crippen molar-refractivity contribution in [1.29, 1.82) is 0 Å². The molecule has 2 N–H and O–H groups in total. The maximum atomic E-state index is 5.20. The van der Waals surface area contributed by atoms with Crippen LogP contribution in [0.5, 0.6) is 5.75 Å². The Labute approximate surface area is 180 Å². The van der Waals surface area contributed by atoms with Crippen molar-refractivity contribution in [1.82, 2.24) is 15.5 Å². The Balaban J connectivity index is 0.00000364. The fourth-order valence-corrected chi connectivity index (χ4v) is 2.71. The molecule has 1 atom stereocenters. The van der Waals surface area contributed by atoms with E-state index in [2.05, 4.69) is 60.8 Å². The van der Waals surface area contributed by atoms with E-state index in [1.807, 2.05) is 30.3 Å². The summed E-state index contributed by atoms with van der Waals surface area (Å²) in [6.45, 7) is 4.31. The molecule has 0 aliphatic rings. The van der Waals surface area contributed by atoms with Crippen molar-refractivity contribution in [3.8, 4) is 5.75 Å². The summed E-state index contributed by atoms with van der Waals surface area (Å²) in [4.78, 5) is 6.92. The number of ether oxygens (including phenoxy) is 1. The molecule has 0 aliphatic heterocycles. The van der Waals surface area contributed by atoms with Crippen LogP contribution in [-0.4, -0.2) is 45.2 Å². The smallest absolute Gasteiger partial charge is 0.191 e. The molecular weight excluding hydrogens is 451 g/mol. The van der Waals surface area contributed by atoms with Crippen LogP contribution in [0.2, 0.25) is 0 Å². The van der Waals surface area contributed by atoms with Gasteiger partial charge in [-0.1, -0.05) is 42.5 Å². The fourth-order valence-electron chi connectivity index (χ4n) is 2.71. The number of hydrogen-bond donors (Lipinski definition) is 2. The Morgan fingerprint density at radius 2 is 1.70 bits per heavy atom. The Morgan fingerprint density at radius 1 is 1.04 bits per heavy atom. The summed E-state index contributed by atoms with van der Waals surface area (Å²) in [6.07, 6.45) is 0. The molecule has 2 aromatic carbocycles. The number of nitrogens with zero attached hydrogens (tertiary/aromatic N) is 2. The van der Waals surface area contributed by atoms with Crippen molar-refractivity contribution in [2.45, 2.75) is 19.5 Å². The lowest BCUT2D eigenvalue weighted by atomic mass is 10.1. The van der Waals surface area contributed by atoms with Gasteiger partial charge in [-0.3, -0.25) is 0 Å². The average molecular weight is 482 g/mol. The van der Waals surface area contributed by atoms with Gasteiger partial charge in [-0.05, 0) is 44.3 Å². The topological polar surface area (TPSA) is 48.9 Å². The van der Waals surface area contributed by atoms with Gasteiger partial charge in [0.15, 0.2) is 5.96 Å². The highest BCUT2D eigenvalue weighted by Crippen LogP contribution is 2.16. The van der Waals surface area contributed by atoms with Crippen LogP contribution in [-0.2, 0) is 6.54 Å². The van der Waals surface area contributed by atoms with Crippen molar-refractivity contribution in [3.63, 3.8) is 0 Å². The molecule has 0 saturated carbocycles. The van der Waals surface area contributed by atoms with Gasteiger partial charge in [-0.15, -0.1) is 24.0 Å². The van der Waals surface area contributed by atoms with E-state index in [9.17, 15) is 0 Å². The molecule has 2 rings (SSSR count). The number of aliphatic imine (C=N–C) groups is 1. The Morgan fingerprint density at radius 3 is 2.26 bits per heavy atom. The first-order chi connectivity index (χ1) is 12.6. The Hall–Kier alpha value is -1.80. The summed E-state index contributed by atoms with van der Waals surface area (Å²) in [7, 11) is 5.87. The molecule has 6 heteroatoms. The van der Waals surface area contributed by atoms with E-state index in [0.717, 1.165) is 30.4 Å². The standard InChI is InChI=1S/C21H30N4O.HI/c1-5-22-21(23-15-17-11-13-19(26-4)14-12-17)24-16-20(25(2)3)18-9-7-6-8-10-18;/h6-14,20H,5,15-16H2,1-4H3,(H2,22,23,24);1H. The predicted octanol–water partition coefficient (Wildman–Crippen LogP) is 3.67. The van der Waals surface area contributed by atoms with Gasteiger partial charge in [0.25, 0.3) is 0 Å². The molecule has 0 amide bonds. The number of hydrogen-bond acceptors (Lipinski definition) is 3. The quantitative estimate of drug-likeness (QED) is 0.343. The van der Waals surface area contributed by atoms with E-state index in [1.54, 1.807) is 7.11 Å². The molecule has 0 saturated heterocycles. The lowest BCUT2D eigenvalue weighted by Crippen LogP contribution is -2.41. The van der Waals surface area contributed by atoms with Crippen LogP contribution in [0.3, 0.4) is 0 Å². The van der Waals surface area contributed by atoms with Gasteiger partial charge in [0.05, 0.1) is 19.7 Å². The van der Waals surface area contributed by atoms with E-state index in [-0.39, 0.29) is 30.0 Å². The molecule has 1 unspecified atom stereocenters. The second kappa shape index (κ2) is 12.6. The highest BCUT2D eigenvalue weighted by Gasteiger charge is 2.14. The molecular formula is C21H31IN4O. The Kier molecular flexibility index (Phi) is 10.8. The van der Waals surface area contributed by atoms with E-state index >= 15 is 0 Å². The van der Waals surface area contributed by atoms with Gasteiger partial charge in [0, 0.05) is 13.1 Å². The maximum Gasteiger partial charge on any atom is 0.191 e. The first-order valence-corrected chi connectivity index (χ1v) is 9.00. The number of benzene rings is 2. The van der Waals surface area contributed by atoms with Crippen LogP contribution < -0.4 is 15.4 Å². The first kappa shape index (κ1) is 23.2. The number of rotatable bonds is 8. The molecule has 0 radical (unpaired) electrons. The third-order valence-electron chi connectivity index (χ3n) is 4.19. The molecule has 27 heavy (non-hydrogen) atoms. The number of nitrogens with one attached hydrogen (secondary N) is 2. The lowest BCUT2D eigenvalue weighted by Gasteiger charge is -2.26. The summed E-state index contributed by atoms with van der Waals surface area (Å²) in [5, 5.41) is 6.78. The van der Waals surface area contributed by atoms with Gasteiger partial charge in [0.1, 0.15) is 5.75 Å². The maximum absolute atomic E-state index is 5.20. The van der Waals surface area contributed by atoms with Crippen molar-refractivity contribution in [2.24, 2.45) is 4.99 Å². The number of guanidine groups is 1. The largest absolute Gasteiger partial charge is 0.497 e. The molecule has 0 aromatic heterocycles. The van der Waals surface area contributed by atoms with Crippen molar-refractivity contribution in [3.05, 3.63) is 65.7 Å². The molecule has 2 aromatic rings. The zero-order valence-electron chi connectivity index (χ0n) is 16.6. The second-order valence-corrected chi connectivity index (χ2v) is 6.31. The number of likely N-dealkylation sites (N-methyl/N-ethyl adjacent to an activating group) is 1. The minimum Gasteiger partial charge on any atom is -0.497 e. The Bertz CT molecular complexity index is 674. The third kappa shape index (κ3) is 7.76. The number of methoxy groups -OCH3 is 1. The van der Waals surface area contributed by atoms with Gasteiger partial charge in [-0.2, -0.15) is 0 Å². The summed E-state index contributed by atoms with van der Waals surface area (Å²) in [5.74, 6) is 1.69. The van der Waals surface area contributed by atoms with Gasteiger partial charge in [0.2, 0.25) is 0 Å². The van der Waals surface area contributed by atoms with Crippen LogP contribution in [0.4, 0.5) is 0 Å². The first-order valence-electron chi connectivity index (χ1n) is 9.00. The van der Waals surface area contributed by atoms with Gasteiger partial charge in [-0.25, -0.2) is 4.99 Å².